The molecule has 22 heavy (non-hydrogen) atoms. The van der Waals surface area contributed by atoms with Crippen molar-refractivity contribution in [1.82, 2.24) is 9.80 Å². The Balaban J connectivity index is 1.95. The molecule has 1 aliphatic heterocycles. The van der Waals surface area contributed by atoms with Crippen molar-refractivity contribution in [2.75, 3.05) is 26.2 Å². The molecule has 1 aliphatic rings. The van der Waals surface area contributed by atoms with E-state index in [2.05, 4.69) is 36.7 Å². The van der Waals surface area contributed by atoms with Crippen LogP contribution in [0, 0.1) is 5.41 Å². The molecule has 2 heterocycles. The van der Waals surface area contributed by atoms with Crippen LogP contribution >= 0.6 is 15.9 Å². The van der Waals surface area contributed by atoms with Crippen molar-refractivity contribution in [1.29, 1.82) is 0 Å². The predicted octanol–water partition coefficient (Wildman–Crippen LogP) is 3.15. The first-order chi connectivity index (χ1) is 10.3. The van der Waals surface area contributed by atoms with Gasteiger partial charge in [-0.05, 0) is 39.9 Å². The first kappa shape index (κ1) is 17.1. The number of hydrogen-bond donors (Lipinski definition) is 0. The van der Waals surface area contributed by atoms with Gasteiger partial charge in [0.05, 0.1) is 0 Å². The Kier molecular flexibility index (Phi) is 5.32. The van der Waals surface area contributed by atoms with Crippen molar-refractivity contribution in [2.45, 2.75) is 33.6 Å². The van der Waals surface area contributed by atoms with E-state index in [0.717, 1.165) is 6.42 Å². The van der Waals surface area contributed by atoms with E-state index in [1.807, 2.05) is 4.90 Å². The lowest BCUT2D eigenvalue weighted by molar-refractivity contribution is -0.132. The van der Waals surface area contributed by atoms with Gasteiger partial charge in [0.2, 0.25) is 5.91 Å². The molecule has 5 nitrogen and oxygen atoms in total. The summed E-state index contributed by atoms with van der Waals surface area (Å²) in [6.45, 7) is 8.68. The van der Waals surface area contributed by atoms with Crippen LogP contribution in [0.1, 0.15) is 44.2 Å². The fourth-order valence-electron chi connectivity index (χ4n) is 2.52. The minimum absolute atomic E-state index is 0.0145. The topological polar surface area (TPSA) is 53.8 Å². The Hall–Kier alpha value is -1.30. The molecule has 1 saturated heterocycles. The van der Waals surface area contributed by atoms with Gasteiger partial charge in [-0.3, -0.25) is 9.59 Å². The van der Waals surface area contributed by atoms with E-state index in [1.165, 1.54) is 0 Å². The molecule has 2 rings (SSSR count). The minimum atomic E-state index is -0.115. The van der Waals surface area contributed by atoms with Crippen LogP contribution in [0.4, 0.5) is 0 Å². The van der Waals surface area contributed by atoms with Crippen molar-refractivity contribution < 1.29 is 14.0 Å². The zero-order valence-corrected chi connectivity index (χ0v) is 15.0. The van der Waals surface area contributed by atoms with Crippen LogP contribution in [0.5, 0.6) is 0 Å². The van der Waals surface area contributed by atoms with Crippen LogP contribution in [0.15, 0.2) is 21.2 Å². The van der Waals surface area contributed by atoms with Crippen molar-refractivity contribution >= 4 is 27.7 Å². The number of rotatable bonds is 2. The maximum Gasteiger partial charge on any atom is 0.289 e. The maximum absolute atomic E-state index is 12.4. The van der Waals surface area contributed by atoms with Gasteiger partial charge in [0.15, 0.2) is 10.4 Å². The Labute approximate surface area is 139 Å². The summed E-state index contributed by atoms with van der Waals surface area (Å²) < 4.78 is 5.87. The highest BCUT2D eigenvalue weighted by Crippen LogP contribution is 2.21. The number of nitrogens with zero attached hydrogens (tertiary/aromatic N) is 2. The maximum atomic E-state index is 12.4. The van der Waals surface area contributed by atoms with E-state index in [-0.39, 0.29) is 17.2 Å². The van der Waals surface area contributed by atoms with Gasteiger partial charge in [0.25, 0.3) is 5.91 Å². The van der Waals surface area contributed by atoms with Crippen LogP contribution in [0.2, 0.25) is 0 Å². The average molecular weight is 371 g/mol. The van der Waals surface area contributed by atoms with Gasteiger partial charge >= 0.3 is 0 Å². The molecule has 2 amide bonds. The first-order valence-electron chi connectivity index (χ1n) is 7.59. The summed E-state index contributed by atoms with van der Waals surface area (Å²) in [6, 6.07) is 3.38. The summed E-state index contributed by atoms with van der Waals surface area (Å²) in [5.41, 5.74) is -0.0145. The van der Waals surface area contributed by atoms with Crippen molar-refractivity contribution in [3.63, 3.8) is 0 Å². The molecule has 1 fully saturated rings. The summed E-state index contributed by atoms with van der Waals surface area (Å²) in [6.07, 6.45) is 1.33. The van der Waals surface area contributed by atoms with Gasteiger partial charge in [0.1, 0.15) is 0 Å². The van der Waals surface area contributed by atoms with Crippen LogP contribution in [-0.4, -0.2) is 47.8 Å². The lowest BCUT2D eigenvalue weighted by Crippen LogP contribution is -2.38. The third kappa shape index (κ3) is 4.60. The lowest BCUT2D eigenvalue weighted by atomic mass is 9.91. The number of carbonyl (C=O) groups excluding carboxylic acids is 2. The van der Waals surface area contributed by atoms with Gasteiger partial charge in [-0.2, -0.15) is 0 Å². The standard InChI is InChI=1S/C16H23BrN2O3/c1-16(2,3)11-14(20)18-7-4-8-19(10-9-18)15(21)12-5-6-13(17)22-12/h5-6H,4,7-11H2,1-3H3. The third-order valence-corrected chi connectivity index (χ3v) is 4.03. The minimum Gasteiger partial charge on any atom is -0.444 e. The molecule has 0 N–H and O–H groups in total. The average Bonchev–Trinajstić information content (AvgIpc) is 2.70. The van der Waals surface area contributed by atoms with Crippen molar-refractivity contribution in [3.8, 4) is 0 Å². The second-order valence-electron chi connectivity index (χ2n) is 6.87. The van der Waals surface area contributed by atoms with Crippen LogP contribution in [0.25, 0.3) is 0 Å². The lowest BCUT2D eigenvalue weighted by Gasteiger charge is -2.25. The predicted molar refractivity (Wildman–Crippen MR) is 87.6 cm³/mol. The second kappa shape index (κ2) is 6.86. The number of furan rings is 1. The summed E-state index contributed by atoms with van der Waals surface area (Å²) in [5, 5.41) is 0. The molecule has 0 radical (unpaired) electrons. The van der Waals surface area contributed by atoms with E-state index >= 15 is 0 Å². The zero-order chi connectivity index (χ0) is 16.3. The highest BCUT2D eigenvalue weighted by atomic mass is 79.9. The highest BCUT2D eigenvalue weighted by molar-refractivity contribution is 9.10. The summed E-state index contributed by atoms with van der Waals surface area (Å²) in [7, 11) is 0. The monoisotopic (exact) mass is 370 g/mol. The normalized spacial score (nSPS) is 16.5. The van der Waals surface area contributed by atoms with Crippen LogP contribution in [-0.2, 0) is 4.79 Å². The molecular formula is C16H23BrN2O3. The SMILES string of the molecule is CC(C)(C)CC(=O)N1CCCN(C(=O)c2ccc(Br)o2)CC1. The van der Waals surface area contributed by atoms with Crippen molar-refractivity contribution in [2.24, 2.45) is 5.41 Å². The second-order valence-corrected chi connectivity index (χ2v) is 7.65. The molecule has 1 aromatic rings. The first-order valence-corrected chi connectivity index (χ1v) is 8.38. The number of carbonyl (C=O) groups is 2. The third-order valence-electron chi connectivity index (χ3n) is 3.60. The Morgan fingerprint density at radius 1 is 1.14 bits per heavy atom. The summed E-state index contributed by atoms with van der Waals surface area (Å²) >= 11 is 3.21. The molecule has 0 aromatic carbocycles. The molecule has 1 aromatic heterocycles. The van der Waals surface area contributed by atoms with E-state index in [4.69, 9.17) is 4.42 Å². The molecule has 6 heteroatoms. The van der Waals surface area contributed by atoms with E-state index in [9.17, 15) is 9.59 Å². The fraction of sp³-hybridized carbons (Fsp3) is 0.625. The largest absolute Gasteiger partial charge is 0.444 e. The Bertz CT molecular complexity index is 548. The summed E-state index contributed by atoms with van der Waals surface area (Å²) in [5.74, 6) is 0.389. The quantitative estimate of drug-likeness (QED) is 0.803. The zero-order valence-electron chi connectivity index (χ0n) is 13.4. The highest BCUT2D eigenvalue weighted by Gasteiger charge is 2.26. The molecule has 0 atom stereocenters. The molecule has 122 valence electrons. The fourth-order valence-corrected chi connectivity index (χ4v) is 2.83. The van der Waals surface area contributed by atoms with Crippen LogP contribution < -0.4 is 0 Å². The van der Waals surface area contributed by atoms with Gasteiger partial charge in [0, 0.05) is 32.6 Å². The van der Waals surface area contributed by atoms with E-state index in [1.54, 1.807) is 17.0 Å². The Morgan fingerprint density at radius 3 is 2.36 bits per heavy atom. The molecule has 0 bridgehead atoms. The number of halogens is 1. The van der Waals surface area contributed by atoms with E-state index in [0.29, 0.717) is 43.0 Å². The van der Waals surface area contributed by atoms with Gasteiger partial charge in [-0.25, -0.2) is 0 Å². The van der Waals surface area contributed by atoms with Crippen LogP contribution in [0.3, 0.4) is 0 Å². The van der Waals surface area contributed by atoms with Gasteiger partial charge < -0.3 is 14.2 Å². The van der Waals surface area contributed by atoms with E-state index < -0.39 is 0 Å². The molecule has 0 aliphatic carbocycles. The molecule has 0 spiro atoms. The summed E-state index contributed by atoms with van der Waals surface area (Å²) in [4.78, 5) is 28.3. The number of hydrogen-bond acceptors (Lipinski definition) is 3. The Morgan fingerprint density at radius 2 is 1.77 bits per heavy atom. The molecular weight excluding hydrogens is 348 g/mol. The molecule has 0 unspecified atom stereocenters. The number of amides is 2. The van der Waals surface area contributed by atoms with Gasteiger partial charge in [-0.15, -0.1) is 0 Å². The smallest absolute Gasteiger partial charge is 0.289 e. The molecule has 0 saturated carbocycles. The van der Waals surface area contributed by atoms with Crippen molar-refractivity contribution in [3.05, 3.63) is 22.6 Å². The van der Waals surface area contributed by atoms with Gasteiger partial charge in [-0.1, -0.05) is 20.8 Å².